The molecule has 0 saturated heterocycles. The SMILES string of the molecule is Cc1nc2ccccc2nc1SC(C)c1nc(C(C)C)no1. The second kappa shape index (κ2) is 6.04. The first kappa shape index (κ1) is 15.0. The average Bonchev–Trinajstić information content (AvgIpc) is 2.98. The highest BCUT2D eigenvalue weighted by Crippen LogP contribution is 2.35. The molecule has 0 aliphatic heterocycles. The van der Waals surface area contributed by atoms with E-state index < -0.39 is 0 Å². The van der Waals surface area contributed by atoms with Crippen molar-refractivity contribution in [2.24, 2.45) is 0 Å². The third-order valence-corrected chi connectivity index (χ3v) is 4.48. The molecule has 0 aliphatic carbocycles. The molecule has 3 rings (SSSR count). The van der Waals surface area contributed by atoms with E-state index >= 15 is 0 Å². The lowest BCUT2D eigenvalue weighted by Gasteiger charge is -2.09. The van der Waals surface area contributed by atoms with E-state index in [1.54, 1.807) is 11.8 Å². The Bertz CT molecular complexity index is 800. The van der Waals surface area contributed by atoms with Gasteiger partial charge in [0.25, 0.3) is 0 Å². The Hall–Kier alpha value is -1.95. The van der Waals surface area contributed by atoms with Gasteiger partial charge >= 0.3 is 0 Å². The van der Waals surface area contributed by atoms with Crippen LogP contribution in [0.25, 0.3) is 11.0 Å². The molecule has 22 heavy (non-hydrogen) atoms. The van der Waals surface area contributed by atoms with Crippen molar-refractivity contribution in [2.75, 3.05) is 0 Å². The number of nitrogens with zero attached hydrogens (tertiary/aromatic N) is 4. The second-order valence-electron chi connectivity index (χ2n) is 5.51. The molecule has 0 aliphatic rings. The highest BCUT2D eigenvalue weighted by atomic mass is 32.2. The van der Waals surface area contributed by atoms with Gasteiger partial charge in [0, 0.05) is 5.92 Å². The summed E-state index contributed by atoms with van der Waals surface area (Å²) in [7, 11) is 0. The van der Waals surface area contributed by atoms with Crippen molar-refractivity contribution in [2.45, 2.75) is 43.9 Å². The number of benzene rings is 1. The summed E-state index contributed by atoms with van der Waals surface area (Å²) in [5.74, 6) is 1.63. The summed E-state index contributed by atoms with van der Waals surface area (Å²) in [4.78, 5) is 13.7. The molecule has 1 unspecified atom stereocenters. The minimum atomic E-state index is 0.0363. The zero-order valence-corrected chi connectivity index (χ0v) is 13.9. The topological polar surface area (TPSA) is 64.7 Å². The van der Waals surface area contributed by atoms with E-state index in [1.807, 2.05) is 52.0 Å². The maximum Gasteiger partial charge on any atom is 0.239 e. The molecular formula is C16H18N4OS. The Morgan fingerprint density at radius 1 is 1.00 bits per heavy atom. The molecule has 1 atom stereocenters. The van der Waals surface area contributed by atoms with Gasteiger partial charge in [-0.25, -0.2) is 9.97 Å². The smallest absolute Gasteiger partial charge is 0.239 e. The fourth-order valence-corrected chi connectivity index (χ4v) is 2.95. The first-order valence-electron chi connectivity index (χ1n) is 7.28. The quantitative estimate of drug-likeness (QED) is 0.669. The van der Waals surface area contributed by atoms with Crippen LogP contribution in [-0.4, -0.2) is 20.1 Å². The second-order valence-corrected chi connectivity index (χ2v) is 6.84. The Balaban J connectivity index is 1.86. The molecule has 0 bridgehead atoms. The maximum absolute atomic E-state index is 5.36. The fourth-order valence-electron chi connectivity index (χ4n) is 2.05. The molecule has 0 N–H and O–H groups in total. The van der Waals surface area contributed by atoms with Gasteiger partial charge in [-0.1, -0.05) is 42.9 Å². The zero-order chi connectivity index (χ0) is 15.7. The van der Waals surface area contributed by atoms with Crippen LogP contribution in [0.3, 0.4) is 0 Å². The summed E-state index contributed by atoms with van der Waals surface area (Å²) in [5, 5.41) is 4.95. The minimum absolute atomic E-state index is 0.0363. The molecule has 0 radical (unpaired) electrons. The van der Waals surface area contributed by atoms with Gasteiger partial charge in [-0.15, -0.1) is 0 Å². The normalized spacial score (nSPS) is 13.0. The number of fused-ring (bicyclic) bond motifs is 1. The fraction of sp³-hybridized carbons (Fsp3) is 0.375. The van der Waals surface area contributed by atoms with Crippen molar-refractivity contribution in [1.82, 2.24) is 20.1 Å². The van der Waals surface area contributed by atoms with Crippen LogP contribution in [0.1, 0.15) is 49.3 Å². The maximum atomic E-state index is 5.36. The molecule has 1 aromatic carbocycles. The van der Waals surface area contributed by atoms with E-state index in [9.17, 15) is 0 Å². The molecule has 0 fully saturated rings. The van der Waals surface area contributed by atoms with Gasteiger partial charge in [0.1, 0.15) is 5.03 Å². The Morgan fingerprint density at radius 3 is 2.32 bits per heavy atom. The van der Waals surface area contributed by atoms with Crippen LogP contribution >= 0.6 is 11.8 Å². The van der Waals surface area contributed by atoms with E-state index in [0.29, 0.717) is 5.89 Å². The van der Waals surface area contributed by atoms with E-state index in [2.05, 4.69) is 15.1 Å². The van der Waals surface area contributed by atoms with Crippen molar-refractivity contribution in [3.05, 3.63) is 41.7 Å². The van der Waals surface area contributed by atoms with Crippen LogP contribution in [0.4, 0.5) is 0 Å². The monoisotopic (exact) mass is 314 g/mol. The summed E-state index contributed by atoms with van der Waals surface area (Å²) in [6.45, 7) is 8.11. The van der Waals surface area contributed by atoms with Crippen LogP contribution in [-0.2, 0) is 0 Å². The molecule has 0 amide bonds. The summed E-state index contributed by atoms with van der Waals surface area (Å²) in [6, 6.07) is 7.88. The van der Waals surface area contributed by atoms with Gasteiger partial charge in [0.15, 0.2) is 5.82 Å². The van der Waals surface area contributed by atoms with Crippen molar-refractivity contribution >= 4 is 22.8 Å². The number of aromatic nitrogens is 4. The summed E-state index contributed by atoms with van der Waals surface area (Å²) < 4.78 is 5.36. The molecule has 114 valence electrons. The first-order chi connectivity index (χ1) is 10.5. The average molecular weight is 314 g/mol. The number of rotatable bonds is 4. The largest absolute Gasteiger partial charge is 0.338 e. The molecule has 5 nitrogen and oxygen atoms in total. The lowest BCUT2D eigenvalue weighted by Crippen LogP contribution is -1.96. The molecule has 3 aromatic rings. The molecule has 0 spiro atoms. The van der Waals surface area contributed by atoms with Gasteiger partial charge in [-0.05, 0) is 26.0 Å². The van der Waals surface area contributed by atoms with Crippen LogP contribution in [0.5, 0.6) is 0 Å². The standard InChI is InChI=1S/C16H18N4OS/c1-9(2)14-19-15(21-20-14)11(4)22-16-10(3)17-12-7-5-6-8-13(12)18-16/h5-9,11H,1-4H3. The lowest BCUT2D eigenvalue weighted by molar-refractivity contribution is 0.373. The number of para-hydroxylation sites is 2. The third-order valence-electron chi connectivity index (χ3n) is 3.31. The molecule has 2 heterocycles. The Kier molecular flexibility index (Phi) is 4.11. The predicted molar refractivity (Wildman–Crippen MR) is 86.9 cm³/mol. The van der Waals surface area contributed by atoms with Crippen molar-refractivity contribution in [1.29, 1.82) is 0 Å². The number of thioether (sulfide) groups is 1. The van der Waals surface area contributed by atoms with Crippen LogP contribution in [0, 0.1) is 6.92 Å². The highest BCUT2D eigenvalue weighted by molar-refractivity contribution is 7.99. The molecule has 2 aromatic heterocycles. The zero-order valence-electron chi connectivity index (χ0n) is 13.1. The van der Waals surface area contributed by atoms with Crippen molar-refractivity contribution < 1.29 is 4.52 Å². The van der Waals surface area contributed by atoms with Crippen LogP contribution < -0.4 is 0 Å². The Labute approximate surface area is 133 Å². The van der Waals surface area contributed by atoms with E-state index in [-0.39, 0.29) is 11.2 Å². The lowest BCUT2D eigenvalue weighted by atomic mass is 10.2. The van der Waals surface area contributed by atoms with E-state index in [0.717, 1.165) is 27.6 Å². The van der Waals surface area contributed by atoms with Crippen molar-refractivity contribution in [3.8, 4) is 0 Å². The summed E-state index contributed by atoms with van der Waals surface area (Å²) >= 11 is 1.59. The Morgan fingerprint density at radius 2 is 1.68 bits per heavy atom. The van der Waals surface area contributed by atoms with Crippen LogP contribution in [0.15, 0.2) is 33.8 Å². The van der Waals surface area contributed by atoms with Gasteiger partial charge in [0.2, 0.25) is 5.89 Å². The first-order valence-corrected chi connectivity index (χ1v) is 8.16. The molecule has 0 saturated carbocycles. The number of hydrogen-bond donors (Lipinski definition) is 0. The van der Waals surface area contributed by atoms with Gasteiger partial charge in [0.05, 0.1) is 22.0 Å². The van der Waals surface area contributed by atoms with Gasteiger partial charge in [-0.2, -0.15) is 4.98 Å². The number of aryl methyl sites for hydroxylation is 1. The molecular weight excluding hydrogens is 296 g/mol. The summed E-state index contributed by atoms with van der Waals surface area (Å²) in [6.07, 6.45) is 0. The van der Waals surface area contributed by atoms with Crippen molar-refractivity contribution in [3.63, 3.8) is 0 Å². The highest BCUT2D eigenvalue weighted by Gasteiger charge is 2.19. The minimum Gasteiger partial charge on any atom is -0.338 e. The van der Waals surface area contributed by atoms with E-state index in [1.165, 1.54) is 0 Å². The number of hydrogen-bond acceptors (Lipinski definition) is 6. The van der Waals surface area contributed by atoms with Crippen LogP contribution in [0.2, 0.25) is 0 Å². The summed E-state index contributed by atoms with van der Waals surface area (Å²) in [5.41, 5.74) is 2.73. The third kappa shape index (κ3) is 2.97. The van der Waals surface area contributed by atoms with E-state index in [4.69, 9.17) is 9.51 Å². The van der Waals surface area contributed by atoms with Gasteiger partial charge in [-0.3, -0.25) is 0 Å². The molecule has 6 heteroatoms. The van der Waals surface area contributed by atoms with Gasteiger partial charge < -0.3 is 4.52 Å². The predicted octanol–water partition coefficient (Wildman–Crippen LogP) is 4.30.